The molecule has 0 saturated carbocycles. The Bertz CT molecular complexity index is 617. The fraction of sp³-hybridized carbons (Fsp3) is 0.529. The summed E-state index contributed by atoms with van der Waals surface area (Å²) in [6.45, 7) is 1.60. The maximum atomic E-state index is 13.3. The molecule has 8 heteroatoms. The van der Waals surface area contributed by atoms with Crippen molar-refractivity contribution >= 4 is 11.8 Å². The van der Waals surface area contributed by atoms with E-state index < -0.39 is 12.2 Å². The molecule has 2 N–H and O–H groups in total. The van der Waals surface area contributed by atoms with E-state index in [0.717, 1.165) is 0 Å². The van der Waals surface area contributed by atoms with E-state index in [2.05, 4.69) is 10.6 Å². The topological polar surface area (TPSA) is 61.4 Å². The van der Waals surface area contributed by atoms with Gasteiger partial charge >= 0.3 is 6.18 Å². The highest BCUT2D eigenvalue weighted by molar-refractivity contribution is 5.93. The molecule has 0 aliphatic carbocycles. The number of alkyl halides is 3. The first-order valence-corrected chi connectivity index (χ1v) is 8.09. The fourth-order valence-electron chi connectivity index (χ4n) is 3.13. The first kappa shape index (κ1) is 19.2. The molecule has 138 valence electrons. The van der Waals surface area contributed by atoms with E-state index in [1.165, 1.54) is 18.9 Å². The lowest BCUT2D eigenvalue weighted by Gasteiger charge is -2.40. The Morgan fingerprint density at radius 1 is 1.20 bits per heavy atom. The minimum atomic E-state index is -4.32. The van der Waals surface area contributed by atoms with Crippen LogP contribution in [-0.4, -0.2) is 48.6 Å². The van der Waals surface area contributed by atoms with Crippen LogP contribution in [-0.2, 0) is 11.3 Å². The van der Waals surface area contributed by atoms with Crippen LogP contribution < -0.4 is 10.6 Å². The number of benzene rings is 1. The molecule has 2 rings (SSSR count). The smallest absolute Gasteiger partial charge is 0.355 e. The van der Waals surface area contributed by atoms with Gasteiger partial charge in [0.15, 0.2) is 0 Å². The highest BCUT2D eigenvalue weighted by Crippen LogP contribution is 2.33. The van der Waals surface area contributed by atoms with Crippen molar-refractivity contribution in [1.82, 2.24) is 15.5 Å². The van der Waals surface area contributed by atoms with Crippen LogP contribution in [0.5, 0.6) is 0 Å². The highest BCUT2D eigenvalue weighted by Gasteiger charge is 2.46. The van der Waals surface area contributed by atoms with E-state index in [1.54, 1.807) is 24.3 Å². The SMILES string of the molecule is CNC(=O)c1ccc(CN2C[C@@H](NC(C)=O)CC[C@@H]2C(F)(F)F)cc1. The second-order valence-electron chi connectivity index (χ2n) is 6.24. The lowest BCUT2D eigenvalue weighted by atomic mass is 9.96. The van der Waals surface area contributed by atoms with Crippen LogP contribution in [0.25, 0.3) is 0 Å². The molecule has 0 spiro atoms. The second-order valence-corrected chi connectivity index (χ2v) is 6.24. The molecule has 2 atom stereocenters. The summed E-state index contributed by atoms with van der Waals surface area (Å²) in [5, 5.41) is 5.19. The van der Waals surface area contributed by atoms with Gasteiger partial charge in [-0.1, -0.05) is 12.1 Å². The van der Waals surface area contributed by atoms with Gasteiger partial charge in [0.05, 0.1) is 0 Å². The number of amides is 2. The third kappa shape index (κ3) is 5.19. The average Bonchev–Trinajstić information content (AvgIpc) is 2.53. The van der Waals surface area contributed by atoms with Gasteiger partial charge < -0.3 is 10.6 Å². The van der Waals surface area contributed by atoms with Crippen LogP contribution in [0, 0.1) is 0 Å². The van der Waals surface area contributed by atoms with Gasteiger partial charge in [0, 0.05) is 38.7 Å². The van der Waals surface area contributed by atoms with Crippen molar-refractivity contribution in [2.45, 2.75) is 44.6 Å². The van der Waals surface area contributed by atoms with Crippen LogP contribution in [0.2, 0.25) is 0 Å². The average molecular weight is 357 g/mol. The summed E-state index contributed by atoms with van der Waals surface area (Å²) in [4.78, 5) is 24.1. The van der Waals surface area contributed by atoms with Gasteiger partial charge in [0.2, 0.25) is 5.91 Å². The molecule has 0 radical (unpaired) electrons. The summed E-state index contributed by atoms with van der Waals surface area (Å²) in [6, 6.07) is 4.66. The minimum absolute atomic E-state index is 0.0508. The van der Waals surface area contributed by atoms with Crippen LogP contribution in [0.15, 0.2) is 24.3 Å². The predicted molar refractivity (Wildman–Crippen MR) is 86.9 cm³/mol. The lowest BCUT2D eigenvalue weighted by Crippen LogP contribution is -2.55. The van der Waals surface area contributed by atoms with E-state index in [0.29, 0.717) is 17.5 Å². The maximum Gasteiger partial charge on any atom is 0.404 e. The zero-order valence-electron chi connectivity index (χ0n) is 14.2. The molecule has 2 amide bonds. The Kier molecular flexibility index (Phi) is 6.05. The Morgan fingerprint density at radius 2 is 1.84 bits per heavy atom. The number of carbonyl (C=O) groups is 2. The first-order chi connectivity index (χ1) is 11.7. The molecule has 0 aromatic heterocycles. The molecule has 1 saturated heterocycles. The maximum absolute atomic E-state index is 13.3. The molecular weight excluding hydrogens is 335 g/mol. The minimum Gasteiger partial charge on any atom is -0.355 e. The second kappa shape index (κ2) is 7.86. The van der Waals surface area contributed by atoms with Crippen LogP contribution in [0.4, 0.5) is 13.2 Å². The number of halogens is 3. The molecule has 1 aromatic carbocycles. The van der Waals surface area contributed by atoms with Crippen LogP contribution >= 0.6 is 0 Å². The summed E-state index contributed by atoms with van der Waals surface area (Å²) in [7, 11) is 1.51. The molecule has 5 nitrogen and oxygen atoms in total. The zero-order valence-corrected chi connectivity index (χ0v) is 14.2. The number of piperidine rings is 1. The van der Waals surface area contributed by atoms with E-state index in [1.807, 2.05) is 0 Å². The zero-order chi connectivity index (χ0) is 18.6. The monoisotopic (exact) mass is 357 g/mol. The third-order valence-corrected chi connectivity index (χ3v) is 4.30. The predicted octanol–water partition coefficient (Wildman–Crippen LogP) is 2.08. The summed E-state index contributed by atoms with van der Waals surface area (Å²) in [5.74, 6) is -0.492. The summed E-state index contributed by atoms with van der Waals surface area (Å²) in [6.07, 6.45) is -4.07. The quantitative estimate of drug-likeness (QED) is 0.867. The van der Waals surface area contributed by atoms with Crippen molar-refractivity contribution in [3.63, 3.8) is 0 Å². The van der Waals surface area contributed by atoms with Gasteiger partial charge in [-0.2, -0.15) is 13.2 Å². The van der Waals surface area contributed by atoms with Crippen molar-refractivity contribution in [3.05, 3.63) is 35.4 Å². The molecule has 1 aliphatic rings. The van der Waals surface area contributed by atoms with E-state index in [-0.39, 0.29) is 37.4 Å². The van der Waals surface area contributed by atoms with Crippen molar-refractivity contribution in [3.8, 4) is 0 Å². The Balaban J connectivity index is 2.13. The van der Waals surface area contributed by atoms with Gasteiger partial charge in [0.25, 0.3) is 5.91 Å². The van der Waals surface area contributed by atoms with Crippen LogP contribution in [0.3, 0.4) is 0 Å². The number of nitrogens with one attached hydrogen (secondary N) is 2. The van der Waals surface area contributed by atoms with Gasteiger partial charge in [-0.15, -0.1) is 0 Å². The molecule has 0 unspecified atom stereocenters. The van der Waals surface area contributed by atoms with E-state index in [4.69, 9.17) is 0 Å². The van der Waals surface area contributed by atoms with Gasteiger partial charge in [-0.05, 0) is 30.5 Å². The number of nitrogens with zero attached hydrogens (tertiary/aromatic N) is 1. The number of likely N-dealkylation sites (tertiary alicyclic amines) is 1. The molecule has 1 aromatic rings. The Labute approximate surface area is 144 Å². The van der Waals surface area contributed by atoms with Crippen molar-refractivity contribution < 1.29 is 22.8 Å². The molecule has 25 heavy (non-hydrogen) atoms. The van der Waals surface area contributed by atoms with Gasteiger partial charge in [-0.25, -0.2) is 0 Å². The van der Waals surface area contributed by atoms with Crippen LogP contribution in [0.1, 0.15) is 35.7 Å². The van der Waals surface area contributed by atoms with E-state index in [9.17, 15) is 22.8 Å². The summed E-state index contributed by atoms with van der Waals surface area (Å²) in [5.41, 5.74) is 1.14. The molecule has 1 fully saturated rings. The van der Waals surface area contributed by atoms with Gasteiger partial charge in [0.1, 0.15) is 6.04 Å². The molecule has 1 aliphatic heterocycles. The molecular formula is C17H22F3N3O2. The van der Waals surface area contributed by atoms with E-state index >= 15 is 0 Å². The number of hydrogen-bond donors (Lipinski definition) is 2. The van der Waals surface area contributed by atoms with Crippen molar-refractivity contribution in [1.29, 1.82) is 0 Å². The number of rotatable bonds is 4. The molecule has 0 bridgehead atoms. The van der Waals surface area contributed by atoms with Crippen molar-refractivity contribution in [2.24, 2.45) is 0 Å². The fourth-order valence-corrected chi connectivity index (χ4v) is 3.13. The Hall–Kier alpha value is -2.09. The first-order valence-electron chi connectivity index (χ1n) is 8.09. The summed E-state index contributed by atoms with van der Waals surface area (Å²) < 4.78 is 40.0. The lowest BCUT2D eigenvalue weighted by molar-refractivity contribution is -0.194. The normalized spacial score (nSPS) is 21.6. The molecule has 1 heterocycles. The standard InChI is InChI=1S/C17H22F3N3O2/c1-11(24)22-14-7-8-15(17(18,19)20)23(10-14)9-12-3-5-13(6-4-12)16(25)21-2/h3-6,14-15H,7-10H2,1-2H3,(H,21,25)(H,22,24)/t14-,15+/m0/s1. The Morgan fingerprint density at radius 3 is 2.36 bits per heavy atom. The third-order valence-electron chi connectivity index (χ3n) is 4.30. The number of hydrogen-bond acceptors (Lipinski definition) is 3. The highest BCUT2D eigenvalue weighted by atomic mass is 19.4. The van der Waals surface area contributed by atoms with Gasteiger partial charge in [-0.3, -0.25) is 14.5 Å². The van der Waals surface area contributed by atoms with Crippen molar-refractivity contribution in [2.75, 3.05) is 13.6 Å². The largest absolute Gasteiger partial charge is 0.404 e. The number of carbonyl (C=O) groups excluding carboxylic acids is 2. The summed E-state index contributed by atoms with van der Waals surface area (Å²) >= 11 is 0.